The van der Waals surface area contributed by atoms with Crippen LogP contribution in [0.15, 0.2) is 48.9 Å². The summed E-state index contributed by atoms with van der Waals surface area (Å²) in [6.07, 6.45) is 5.13. The third-order valence-electron chi connectivity index (χ3n) is 3.13. The maximum atomic E-state index is 12.2. The minimum Gasteiger partial charge on any atom is -0.399 e. The number of nitrogens with zero attached hydrogens (tertiary/aromatic N) is 1. The molecule has 4 N–H and O–H groups in total. The summed E-state index contributed by atoms with van der Waals surface area (Å²) in [5, 5.41) is 3.74. The third kappa shape index (κ3) is 2.33. The molecule has 5 heteroatoms. The largest absolute Gasteiger partial charge is 0.399 e. The first-order valence-electron chi connectivity index (χ1n) is 6.28. The monoisotopic (exact) mass is 266 g/mol. The van der Waals surface area contributed by atoms with Crippen LogP contribution in [0.25, 0.3) is 10.9 Å². The molecule has 1 aromatic carbocycles. The minimum atomic E-state index is -0.120. The Hall–Kier alpha value is -2.82. The topological polar surface area (TPSA) is 83.8 Å². The lowest BCUT2D eigenvalue weighted by atomic mass is 10.1. The number of anilines is 1. The number of H-pyrrole nitrogens is 1. The van der Waals surface area contributed by atoms with Gasteiger partial charge in [0.2, 0.25) is 0 Å². The first-order valence-corrected chi connectivity index (χ1v) is 6.28. The Labute approximate surface area is 115 Å². The van der Waals surface area contributed by atoms with Crippen LogP contribution in [0.2, 0.25) is 0 Å². The number of nitrogen functional groups attached to an aromatic ring is 1. The van der Waals surface area contributed by atoms with Crippen molar-refractivity contribution in [1.29, 1.82) is 0 Å². The summed E-state index contributed by atoms with van der Waals surface area (Å²) in [5.41, 5.74) is 8.82. The van der Waals surface area contributed by atoms with E-state index in [1.807, 2.05) is 24.3 Å². The smallest absolute Gasteiger partial charge is 0.253 e. The van der Waals surface area contributed by atoms with Crippen molar-refractivity contribution in [2.45, 2.75) is 6.54 Å². The number of pyridine rings is 1. The van der Waals surface area contributed by atoms with Gasteiger partial charge in [-0.25, -0.2) is 0 Å². The summed E-state index contributed by atoms with van der Waals surface area (Å²) in [7, 11) is 0. The molecule has 2 aromatic heterocycles. The van der Waals surface area contributed by atoms with Crippen molar-refractivity contribution in [2.75, 3.05) is 5.73 Å². The summed E-state index contributed by atoms with van der Waals surface area (Å²) < 4.78 is 0. The molecule has 3 rings (SSSR count). The van der Waals surface area contributed by atoms with Gasteiger partial charge in [-0.1, -0.05) is 6.07 Å². The molecule has 0 saturated carbocycles. The molecule has 2 heterocycles. The molecule has 20 heavy (non-hydrogen) atoms. The molecule has 100 valence electrons. The van der Waals surface area contributed by atoms with E-state index in [9.17, 15) is 4.79 Å². The van der Waals surface area contributed by atoms with Gasteiger partial charge in [-0.15, -0.1) is 0 Å². The van der Waals surface area contributed by atoms with E-state index in [0.29, 0.717) is 17.8 Å². The van der Waals surface area contributed by atoms with E-state index >= 15 is 0 Å². The summed E-state index contributed by atoms with van der Waals surface area (Å²) >= 11 is 0. The van der Waals surface area contributed by atoms with Crippen molar-refractivity contribution in [3.05, 3.63) is 60.0 Å². The molecule has 0 aliphatic rings. The Bertz CT molecular complexity index is 749. The molecule has 0 aliphatic heterocycles. The Morgan fingerprint density at radius 2 is 2.25 bits per heavy atom. The predicted octanol–water partition coefficient (Wildman–Crippen LogP) is 2.08. The van der Waals surface area contributed by atoms with E-state index in [0.717, 1.165) is 16.5 Å². The number of nitrogens with two attached hydrogens (primary N) is 1. The third-order valence-corrected chi connectivity index (χ3v) is 3.13. The highest BCUT2D eigenvalue weighted by Gasteiger charge is 2.11. The van der Waals surface area contributed by atoms with E-state index in [1.54, 1.807) is 24.7 Å². The van der Waals surface area contributed by atoms with Gasteiger partial charge < -0.3 is 16.0 Å². The fourth-order valence-corrected chi connectivity index (χ4v) is 2.11. The summed E-state index contributed by atoms with van der Waals surface area (Å²) in [6.45, 7) is 0.453. The van der Waals surface area contributed by atoms with Crippen LogP contribution < -0.4 is 11.1 Å². The number of fused-ring (bicyclic) bond motifs is 1. The highest BCUT2D eigenvalue weighted by atomic mass is 16.1. The number of hydrogen-bond acceptors (Lipinski definition) is 3. The Balaban J connectivity index is 1.79. The second-order valence-electron chi connectivity index (χ2n) is 4.55. The fraction of sp³-hybridized carbons (Fsp3) is 0.0667. The van der Waals surface area contributed by atoms with Crippen LogP contribution in [0.5, 0.6) is 0 Å². The molecular formula is C15H14N4O. The molecule has 0 bridgehead atoms. The van der Waals surface area contributed by atoms with Crippen LogP contribution in [0, 0.1) is 0 Å². The fourth-order valence-electron chi connectivity index (χ4n) is 2.11. The zero-order valence-corrected chi connectivity index (χ0v) is 10.8. The highest BCUT2D eigenvalue weighted by Crippen LogP contribution is 2.20. The van der Waals surface area contributed by atoms with Crippen molar-refractivity contribution in [3.8, 4) is 0 Å². The maximum Gasteiger partial charge on any atom is 0.253 e. The van der Waals surface area contributed by atoms with E-state index < -0.39 is 0 Å². The summed E-state index contributed by atoms with van der Waals surface area (Å²) in [4.78, 5) is 19.3. The maximum absolute atomic E-state index is 12.2. The van der Waals surface area contributed by atoms with Gasteiger partial charge in [-0.3, -0.25) is 9.78 Å². The van der Waals surface area contributed by atoms with Crippen molar-refractivity contribution >= 4 is 22.5 Å². The Morgan fingerprint density at radius 3 is 3.05 bits per heavy atom. The van der Waals surface area contributed by atoms with Crippen molar-refractivity contribution < 1.29 is 4.79 Å². The number of hydrogen-bond donors (Lipinski definition) is 3. The molecule has 0 unspecified atom stereocenters. The zero-order valence-electron chi connectivity index (χ0n) is 10.8. The SMILES string of the molecule is Nc1ccc2c(C(=O)NCc3cccnc3)c[nH]c2c1. The minimum absolute atomic E-state index is 0.120. The lowest BCUT2D eigenvalue weighted by Gasteiger charge is -2.04. The van der Waals surface area contributed by atoms with E-state index in [-0.39, 0.29) is 5.91 Å². The van der Waals surface area contributed by atoms with Crippen LogP contribution in [0.1, 0.15) is 15.9 Å². The van der Waals surface area contributed by atoms with Gasteiger partial charge in [0, 0.05) is 41.7 Å². The number of benzene rings is 1. The van der Waals surface area contributed by atoms with E-state index in [2.05, 4.69) is 15.3 Å². The number of aromatic nitrogens is 2. The van der Waals surface area contributed by atoms with Crippen molar-refractivity contribution in [1.82, 2.24) is 15.3 Å². The van der Waals surface area contributed by atoms with E-state index in [4.69, 9.17) is 5.73 Å². The molecule has 5 nitrogen and oxygen atoms in total. The van der Waals surface area contributed by atoms with Gasteiger partial charge in [-0.2, -0.15) is 0 Å². The molecular weight excluding hydrogens is 252 g/mol. The number of rotatable bonds is 3. The lowest BCUT2D eigenvalue weighted by molar-refractivity contribution is 0.0952. The van der Waals surface area contributed by atoms with Gasteiger partial charge in [-0.05, 0) is 29.8 Å². The molecule has 0 saturated heterocycles. The summed E-state index contributed by atoms with van der Waals surface area (Å²) in [5.74, 6) is -0.120. The molecule has 0 spiro atoms. The second kappa shape index (κ2) is 5.05. The molecule has 0 radical (unpaired) electrons. The van der Waals surface area contributed by atoms with Gasteiger partial charge in [0.1, 0.15) is 0 Å². The van der Waals surface area contributed by atoms with Crippen LogP contribution >= 0.6 is 0 Å². The number of carbonyl (C=O) groups excluding carboxylic acids is 1. The Kier molecular flexibility index (Phi) is 3.09. The number of nitrogens with one attached hydrogen (secondary N) is 2. The highest BCUT2D eigenvalue weighted by molar-refractivity contribution is 6.07. The molecule has 1 amide bonds. The van der Waals surface area contributed by atoms with E-state index in [1.165, 1.54) is 0 Å². The zero-order chi connectivity index (χ0) is 13.9. The standard InChI is InChI=1S/C15H14N4O/c16-11-3-4-12-13(9-18-14(12)6-11)15(20)19-8-10-2-1-5-17-7-10/h1-7,9,18H,8,16H2,(H,19,20). The van der Waals surface area contributed by atoms with Gasteiger partial charge in [0.25, 0.3) is 5.91 Å². The molecule has 3 aromatic rings. The van der Waals surface area contributed by atoms with Gasteiger partial charge >= 0.3 is 0 Å². The number of aromatic amines is 1. The number of amides is 1. The second-order valence-corrected chi connectivity index (χ2v) is 4.55. The van der Waals surface area contributed by atoms with Gasteiger partial charge in [0.15, 0.2) is 0 Å². The number of carbonyl (C=O) groups is 1. The van der Waals surface area contributed by atoms with Crippen LogP contribution in [-0.4, -0.2) is 15.9 Å². The van der Waals surface area contributed by atoms with Crippen molar-refractivity contribution in [3.63, 3.8) is 0 Å². The van der Waals surface area contributed by atoms with Crippen molar-refractivity contribution in [2.24, 2.45) is 0 Å². The quantitative estimate of drug-likeness (QED) is 0.634. The average Bonchev–Trinajstić information content (AvgIpc) is 2.89. The first-order chi connectivity index (χ1) is 9.74. The van der Waals surface area contributed by atoms with Crippen LogP contribution in [0.3, 0.4) is 0 Å². The van der Waals surface area contributed by atoms with Crippen LogP contribution in [-0.2, 0) is 6.54 Å². The summed E-state index contributed by atoms with van der Waals surface area (Å²) in [6, 6.07) is 9.21. The average molecular weight is 266 g/mol. The Morgan fingerprint density at radius 1 is 1.35 bits per heavy atom. The molecule has 0 aliphatic carbocycles. The first kappa shape index (κ1) is 12.2. The van der Waals surface area contributed by atoms with Crippen LogP contribution in [0.4, 0.5) is 5.69 Å². The van der Waals surface area contributed by atoms with Gasteiger partial charge in [0.05, 0.1) is 5.56 Å². The molecule has 0 atom stereocenters. The predicted molar refractivity (Wildman–Crippen MR) is 78.1 cm³/mol. The molecule has 0 fully saturated rings. The lowest BCUT2D eigenvalue weighted by Crippen LogP contribution is -2.22. The normalized spacial score (nSPS) is 10.6.